The first-order chi connectivity index (χ1) is 7.22. The number of fused-ring (bicyclic) bond motifs is 1. The van der Waals surface area contributed by atoms with Gasteiger partial charge in [0.15, 0.2) is 0 Å². The fourth-order valence-corrected chi connectivity index (χ4v) is 1.73. The number of para-hydroxylation sites is 1. The average Bonchev–Trinajstić information content (AvgIpc) is 2.21. The summed E-state index contributed by atoms with van der Waals surface area (Å²) in [6.07, 6.45) is 0.402. The lowest BCUT2D eigenvalue weighted by Crippen LogP contribution is -2.13. The predicted octanol–water partition coefficient (Wildman–Crippen LogP) is 1.37. The average molecular weight is 203 g/mol. The molecule has 0 amide bonds. The molecule has 0 unspecified atom stereocenters. The Bertz CT molecular complexity index is 543. The Hall–Kier alpha value is -1.61. The minimum absolute atomic E-state index is 0.000399. The van der Waals surface area contributed by atoms with Crippen LogP contribution in [0.15, 0.2) is 29.1 Å². The van der Waals surface area contributed by atoms with Crippen molar-refractivity contribution < 1.29 is 5.11 Å². The van der Waals surface area contributed by atoms with Gasteiger partial charge in [-0.05, 0) is 23.9 Å². The molecule has 1 heterocycles. The van der Waals surface area contributed by atoms with Crippen LogP contribution < -0.4 is 5.56 Å². The van der Waals surface area contributed by atoms with Crippen molar-refractivity contribution in [3.8, 4) is 0 Å². The zero-order chi connectivity index (χ0) is 10.8. The van der Waals surface area contributed by atoms with Gasteiger partial charge in [0.25, 0.3) is 5.56 Å². The molecule has 3 heteroatoms. The van der Waals surface area contributed by atoms with Crippen molar-refractivity contribution in [2.45, 2.75) is 13.3 Å². The van der Waals surface area contributed by atoms with E-state index in [1.807, 2.05) is 31.2 Å². The third-order valence-corrected chi connectivity index (χ3v) is 2.55. The van der Waals surface area contributed by atoms with Crippen LogP contribution in [-0.4, -0.2) is 16.7 Å². The highest BCUT2D eigenvalue weighted by Crippen LogP contribution is 2.14. The Morgan fingerprint density at radius 2 is 2.20 bits per heavy atom. The molecule has 78 valence electrons. The number of aromatic amines is 1. The van der Waals surface area contributed by atoms with E-state index in [1.165, 1.54) is 0 Å². The quantitative estimate of drug-likeness (QED) is 0.774. The standard InChI is InChI=1S/C12H13NO2/c1-8-3-2-4-9-7-10(5-6-14)12(15)13-11(8)9/h2-4,7,14H,5-6H2,1H3,(H,13,15). The second-order valence-electron chi connectivity index (χ2n) is 3.64. The van der Waals surface area contributed by atoms with Crippen molar-refractivity contribution in [2.75, 3.05) is 6.61 Å². The topological polar surface area (TPSA) is 53.1 Å². The summed E-state index contributed by atoms with van der Waals surface area (Å²) in [7, 11) is 0. The minimum atomic E-state index is -0.106. The maximum Gasteiger partial charge on any atom is 0.251 e. The molecule has 0 aliphatic heterocycles. The molecule has 15 heavy (non-hydrogen) atoms. The molecule has 0 aliphatic rings. The van der Waals surface area contributed by atoms with Crippen LogP contribution in [0.3, 0.4) is 0 Å². The van der Waals surface area contributed by atoms with Crippen LogP contribution >= 0.6 is 0 Å². The molecular formula is C12H13NO2. The van der Waals surface area contributed by atoms with E-state index < -0.39 is 0 Å². The molecule has 0 atom stereocenters. The molecule has 2 aromatic rings. The van der Waals surface area contributed by atoms with Crippen LogP contribution in [0.2, 0.25) is 0 Å². The molecule has 0 saturated carbocycles. The molecule has 1 aromatic heterocycles. The van der Waals surface area contributed by atoms with Gasteiger partial charge in [-0.15, -0.1) is 0 Å². The summed E-state index contributed by atoms with van der Waals surface area (Å²) in [6.45, 7) is 1.96. The van der Waals surface area contributed by atoms with Crippen LogP contribution in [0.4, 0.5) is 0 Å². The summed E-state index contributed by atoms with van der Waals surface area (Å²) in [5.74, 6) is 0. The second kappa shape index (κ2) is 3.87. The monoisotopic (exact) mass is 203 g/mol. The molecule has 2 N–H and O–H groups in total. The number of hydrogen-bond donors (Lipinski definition) is 2. The van der Waals surface area contributed by atoms with Gasteiger partial charge in [0.2, 0.25) is 0 Å². The Labute approximate surface area is 87.4 Å². The Morgan fingerprint density at radius 1 is 1.40 bits per heavy atom. The summed E-state index contributed by atoms with van der Waals surface area (Å²) >= 11 is 0. The number of rotatable bonds is 2. The highest BCUT2D eigenvalue weighted by molar-refractivity contribution is 5.81. The third kappa shape index (κ3) is 1.78. The van der Waals surface area contributed by atoms with E-state index in [0.29, 0.717) is 12.0 Å². The van der Waals surface area contributed by atoms with Gasteiger partial charge in [-0.1, -0.05) is 18.2 Å². The second-order valence-corrected chi connectivity index (χ2v) is 3.64. The number of aliphatic hydroxyl groups excluding tert-OH is 1. The van der Waals surface area contributed by atoms with Gasteiger partial charge < -0.3 is 10.1 Å². The molecule has 0 radical (unpaired) electrons. The molecule has 0 bridgehead atoms. The minimum Gasteiger partial charge on any atom is -0.396 e. The van der Waals surface area contributed by atoms with E-state index in [0.717, 1.165) is 16.5 Å². The summed E-state index contributed by atoms with van der Waals surface area (Å²) in [4.78, 5) is 14.5. The first-order valence-electron chi connectivity index (χ1n) is 4.95. The van der Waals surface area contributed by atoms with Crippen LogP contribution in [0.25, 0.3) is 10.9 Å². The van der Waals surface area contributed by atoms with E-state index in [-0.39, 0.29) is 12.2 Å². The van der Waals surface area contributed by atoms with Crippen molar-refractivity contribution in [1.29, 1.82) is 0 Å². The lowest BCUT2D eigenvalue weighted by molar-refractivity contribution is 0.299. The zero-order valence-electron chi connectivity index (χ0n) is 8.58. The van der Waals surface area contributed by atoms with E-state index >= 15 is 0 Å². The first kappa shape index (κ1) is 9.93. The van der Waals surface area contributed by atoms with Gasteiger partial charge in [0, 0.05) is 18.6 Å². The molecular weight excluding hydrogens is 190 g/mol. The number of aromatic nitrogens is 1. The van der Waals surface area contributed by atoms with Crippen molar-refractivity contribution in [3.63, 3.8) is 0 Å². The fraction of sp³-hybridized carbons (Fsp3) is 0.250. The summed E-state index contributed by atoms with van der Waals surface area (Å²) < 4.78 is 0. The highest BCUT2D eigenvalue weighted by atomic mass is 16.3. The SMILES string of the molecule is Cc1cccc2cc(CCO)c(=O)[nH]c12. The summed E-state index contributed by atoms with van der Waals surface area (Å²) in [5, 5.41) is 9.83. The molecule has 0 aliphatic carbocycles. The van der Waals surface area contributed by atoms with Gasteiger partial charge in [-0.25, -0.2) is 0 Å². The van der Waals surface area contributed by atoms with E-state index in [1.54, 1.807) is 0 Å². The van der Waals surface area contributed by atoms with Gasteiger partial charge in [-0.3, -0.25) is 4.79 Å². The number of nitrogens with one attached hydrogen (secondary N) is 1. The molecule has 1 aromatic carbocycles. The van der Waals surface area contributed by atoms with E-state index in [2.05, 4.69) is 4.98 Å². The van der Waals surface area contributed by atoms with Crippen LogP contribution in [0.1, 0.15) is 11.1 Å². The zero-order valence-corrected chi connectivity index (χ0v) is 8.58. The first-order valence-corrected chi connectivity index (χ1v) is 4.95. The summed E-state index contributed by atoms with van der Waals surface area (Å²) in [6, 6.07) is 7.72. The number of hydrogen-bond acceptors (Lipinski definition) is 2. The number of aliphatic hydroxyl groups is 1. The van der Waals surface area contributed by atoms with Crippen LogP contribution in [0.5, 0.6) is 0 Å². The maximum atomic E-state index is 11.6. The summed E-state index contributed by atoms with van der Waals surface area (Å²) in [5.41, 5.74) is 2.46. The Kier molecular flexibility index (Phi) is 2.56. The van der Waals surface area contributed by atoms with Crippen molar-refractivity contribution in [3.05, 3.63) is 45.7 Å². The van der Waals surface area contributed by atoms with Crippen LogP contribution in [-0.2, 0) is 6.42 Å². The number of benzene rings is 1. The maximum absolute atomic E-state index is 11.6. The molecule has 0 saturated heterocycles. The predicted molar refractivity (Wildman–Crippen MR) is 60.1 cm³/mol. The fourth-order valence-electron chi connectivity index (χ4n) is 1.73. The number of H-pyrrole nitrogens is 1. The van der Waals surface area contributed by atoms with E-state index in [4.69, 9.17) is 5.11 Å². The normalized spacial score (nSPS) is 10.8. The largest absolute Gasteiger partial charge is 0.396 e. The Balaban J connectivity index is 2.71. The van der Waals surface area contributed by atoms with Gasteiger partial charge >= 0.3 is 0 Å². The smallest absolute Gasteiger partial charge is 0.251 e. The van der Waals surface area contributed by atoms with Crippen LogP contribution in [0, 0.1) is 6.92 Å². The number of aryl methyl sites for hydroxylation is 1. The molecule has 0 fully saturated rings. The highest BCUT2D eigenvalue weighted by Gasteiger charge is 2.03. The Morgan fingerprint density at radius 3 is 2.93 bits per heavy atom. The lowest BCUT2D eigenvalue weighted by atomic mass is 10.1. The molecule has 0 spiro atoms. The van der Waals surface area contributed by atoms with Gasteiger partial charge in [-0.2, -0.15) is 0 Å². The number of pyridine rings is 1. The van der Waals surface area contributed by atoms with E-state index in [9.17, 15) is 4.79 Å². The third-order valence-electron chi connectivity index (χ3n) is 2.55. The van der Waals surface area contributed by atoms with Gasteiger partial charge in [0.1, 0.15) is 0 Å². The van der Waals surface area contributed by atoms with Crippen molar-refractivity contribution in [2.24, 2.45) is 0 Å². The van der Waals surface area contributed by atoms with Crippen molar-refractivity contribution >= 4 is 10.9 Å². The van der Waals surface area contributed by atoms with Crippen molar-refractivity contribution in [1.82, 2.24) is 4.98 Å². The molecule has 2 rings (SSSR count). The molecule has 3 nitrogen and oxygen atoms in total. The lowest BCUT2D eigenvalue weighted by Gasteiger charge is -2.03. The van der Waals surface area contributed by atoms with Gasteiger partial charge in [0.05, 0.1) is 5.52 Å².